The van der Waals surface area contributed by atoms with Crippen LogP contribution in [0.15, 0.2) is 133 Å². The van der Waals surface area contributed by atoms with Gasteiger partial charge in [-0.1, -0.05) is 60.1 Å². The van der Waals surface area contributed by atoms with Crippen molar-refractivity contribution in [1.82, 2.24) is 24.7 Å². The summed E-state index contributed by atoms with van der Waals surface area (Å²) in [5.74, 6) is 14.6. The van der Waals surface area contributed by atoms with Crippen molar-refractivity contribution in [2.24, 2.45) is 0 Å². The highest BCUT2D eigenvalue weighted by molar-refractivity contribution is 7.74. The predicted octanol–water partition coefficient (Wildman–Crippen LogP) is 8.48. The lowest BCUT2D eigenvalue weighted by Gasteiger charge is -2.29. The van der Waals surface area contributed by atoms with Gasteiger partial charge in [0.25, 0.3) is 14.7 Å². The summed E-state index contributed by atoms with van der Waals surface area (Å²) in [6.45, 7) is 18.4. The fourth-order valence-electron chi connectivity index (χ4n) is 9.26. The van der Waals surface area contributed by atoms with Crippen LogP contribution in [0, 0.1) is 23.7 Å². The summed E-state index contributed by atoms with van der Waals surface area (Å²) >= 11 is 0. The first-order valence-electron chi connectivity index (χ1n) is 30.5. The van der Waals surface area contributed by atoms with E-state index in [-0.39, 0.29) is 24.1 Å². The average molecular weight is 1270 g/mol. The minimum Gasteiger partial charge on any atom is -0.491 e. The van der Waals surface area contributed by atoms with Crippen molar-refractivity contribution >= 4 is 42.3 Å². The molecule has 3 heterocycles. The molecule has 21 heteroatoms. The number of hydrogen-bond donors (Lipinski definition) is 0. The average Bonchev–Trinajstić information content (AvgIpc) is 1.54. The third kappa shape index (κ3) is 23.5. The minimum absolute atomic E-state index is 0.182. The zero-order valence-electron chi connectivity index (χ0n) is 53.1. The van der Waals surface area contributed by atoms with Crippen LogP contribution in [0.4, 0.5) is 4.79 Å². The molecule has 0 aliphatic carbocycles. The Bertz CT molecular complexity index is 3140. The number of nitrogens with zero attached hydrogens (tertiary/aromatic N) is 5. The third-order valence-corrected chi connectivity index (χ3v) is 18.6. The fourth-order valence-corrected chi connectivity index (χ4v) is 13.3. The van der Waals surface area contributed by atoms with Crippen LogP contribution in [0.5, 0.6) is 11.5 Å². The molecule has 2 unspecified atom stereocenters. The Labute approximate surface area is 531 Å². The van der Waals surface area contributed by atoms with Crippen LogP contribution in [0.1, 0.15) is 68.3 Å². The Hall–Kier alpha value is -6.77. The molecule has 4 aromatic carbocycles. The molecule has 0 N–H and O–H groups in total. The maximum absolute atomic E-state index is 15.3. The lowest BCUT2D eigenvalue weighted by atomic mass is 10.1. The van der Waals surface area contributed by atoms with Crippen LogP contribution < -0.4 is 31.0 Å². The third-order valence-electron chi connectivity index (χ3n) is 13.7. The monoisotopic (exact) mass is 1270 g/mol. The van der Waals surface area contributed by atoms with Crippen molar-refractivity contribution in [2.45, 2.75) is 53.3 Å². The van der Waals surface area contributed by atoms with E-state index in [0.717, 1.165) is 11.1 Å². The van der Waals surface area contributed by atoms with E-state index in [0.29, 0.717) is 176 Å². The molecule has 482 valence electrons. The van der Waals surface area contributed by atoms with Crippen molar-refractivity contribution < 1.29 is 65.6 Å². The molecule has 0 radical (unpaired) electrons. The zero-order valence-corrected chi connectivity index (χ0v) is 54.9. The molecule has 6 aromatic rings. The van der Waals surface area contributed by atoms with E-state index >= 15 is 9.13 Å². The number of ether oxygens (including phenoxy) is 9. The Kier molecular flexibility index (Phi) is 29.5. The first-order chi connectivity index (χ1) is 43.7. The first-order valence-corrected chi connectivity index (χ1v) is 33.8. The van der Waals surface area contributed by atoms with E-state index in [1.807, 2.05) is 132 Å². The van der Waals surface area contributed by atoms with Crippen LogP contribution in [-0.2, 0) is 64.4 Å². The molecular formula is C69H87N5O14P2. The smallest absolute Gasteiger partial charge is 0.410 e. The summed E-state index contributed by atoms with van der Waals surface area (Å²) in [6, 6.07) is 40.6. The maximum Gasteiger partial charge on any atom is 0.410 e. The van der Waals surface area contributed by atoms with Gasteiger partial charge >= 0.3 is 6.09 Å². The summed E-state index contributed by atoms with van der Waals surface area (Å²) in [7, 11) is -4.18. The number of hydrogen-bond acceptors (Lipinski definition) is 18. The van der Waals surface area contributed by atoms with Crippen molar-refractivity contribution in [3.05, 3.63) is 167 Å². The van der Waals surface area contributed by atoms with Crippen LogP contribution in [0.2, 0.25) is 0 Å². The molecular weight excluding hydrogens is 1180 g/mol. The van der Waals surface area contributed by atoms with E-state index in [4.69, 9.17) is 61.6 Å². The van der Waals surface area contributed by atoms with Gasteiger partial charge in [0.15, 0.2) is 0 Å². The van der Waals surface area contributed by atoms with Crippen LogP contribution in [0.25, 0.3) is 0 Å². The van der Waals surface area contributed by atoms with Gasteiger partial charge < -0.3 is 56.6 Å². The molecule has 1 saturated heterocycles. The molecule has 19 nitrogen and oxygen atoms in total. The fraction of sp³-hybridized carbons (Fsp3) is 0.435. The molecule has 0 bridgehead atoms. The number of amides is 1. The van der Waals surface area contributed by atoms with Crippen molar-refractivity contribution in [1.29, 1.82) is 0 Å². The molecule has 1 fully saturated rings. The van der Waals surface area contributed by atoms with Gasteiger partial charge in [-0.15, -0.1) is 0 Å². The summed E-state index contributed by atoms with van der Waals surface area (Å²) in [6.07, 6.45) is -0.436. The Morgan fingerprint density at radius 3 is 1.19 bits per heavy atom. The maximum atomic E-state index is 15.3. The predicted molar refractivity (Wildman–Crippen MR) is 350 cm³/mol. The number of rotatable bonds is 32. The summed E-state index contributed by atoms with van der Waals surface area (Å²) in [5, 5.41) is 1.03. The van der Waals surface area contributed by atoms with Gasteiger partial charge in [-0.05, 0) is 132 Å². The Morgan fingerprint density at radius 2 is 0.822 bits per heavy atom. The second kappa shape index (κ2) is 37.5. The molecule has 7 rings (SSSR count). The van der Waals surface area contributed by atoms with Crippen LogP contribution >= 0.6 is 14.7 Å². The molecule has 1 aliphatic heterocycles. The molecule has 2 aromatic heterocycles. The van der Waals surface area contributed by atoms with E-state index in [1.54, 1.807) is 55.5 Å². The Morgan fingerprint density at radius 1 is 0.467 bits per heavy atom. The molecule has 90 heavy (non-hydrogen) atoms. The highest BCUT2D eigenvalue weighted by Gasteiger charge is 2.33. The Balaban J connectivity index is 1.15. The lowest BCUT2D eigenvalue weighted by Crippen LogP contribution is -2.42. The van der Waals surface area contributed by atoms with Gasteiger partial charge in [0.05, 0.1) is 90.7 Å². The van der Waals surface area contributed by atoms with E-state index in [9.17, 15) is 4.79 Å². The van der Waals surface area contributed by atoms with Crippen LogP contribution in [0.3, 0.4) is 0 Å². The zero-order chi connectivity index (χ0) is 63.9. The second-order valence-corrected chi connectivity index (χ2v) is 26.4. The van der Waals surface area contributed by atoms with Crippen molar-refractivity contribution in [3.63, 3.8) is 0 Å². The van der Waals surface area contributed by atoms with Crippen LogP contribution in [-0.4, -0.2) is 182 Å². The SMILES string of the molecule is CCOP(=O)(c1ccccc1)c1cc(C#Cc2ccc(OCCOCCOCCOC)cc2)cc(CN2CCN(Cc3cc(C#Cc4ccc(OCCOCCOCCOC)cc4)cc(P(=O)(OCC)c4ccccc4)n3)CCN(C(=O)OC(C)(C)C)CC2)n1. The summed E-state index contributed by atoms with van der Waals surface area (Å²) < 4.78 is 92.8. The number of pyridine rings is 2. The highest BCUT2D eigenvalue weighted by atomic mass is 31.2. The van der Waals surface area contributed by atoms with Gasteiger partial charge in [0.1, 0.15) is 41.2 Å². The minimum atomic E-state index is -3.73. The topological polar surface area (TPSA) is 188 Å². The van der Waals surface area contributed by atoms with Gasteiger partial charge in [0, 0.05) is 99.4 Å². The molecule has 0 spiro atoms. The highest BCUT2D eigenvalue weighted by Crippen LogP contribution is 2.45. The largest absolute Gasteiger partial charge is 0.491 e. The van der Waals surface area contributed by atoms with Crippen molar-refractivity contribution in [3.8, 4) is 35.2 Å². The standard InChI is InChI=1S/C69H87N5O14P2/c1-8-86-89(76,64-16-12-10-13-17-64)66-52-58(22-20-56-24-28-62(29-25-56)84-48-46-82-44-42-80-40-38-78-6)50-60(70-66)54-72-32-33-73(35-37-74(36-34-72)68(75)88-69(3,4)5)55-61-51-59(53-67(71-61)90(77,87-9-2)65-18-14-11-15-19-65)23-21-57-26-30-63(31-27-57)85-49-47-83-45-43-81-41-39-79-7/h10-19,24-31,50-53H,8-9,32-49,54-55H2,1-7H3. The number of methoxy groups -OCH3 is 2. The number of aromatic nitrogens is 2. The number of carbonyl (C=O) groups excluding carboxylic acids is 1. The normalized spacial score (nSPS) is 14.5. The molecule has 0 saturated carbocycles. The van der Waals surface area contributed by atoms with Gasteiger partial charge in [0.2, 0.25) is 0 Å². The molecule has 1 amide bonds. The van der Waals surface area contributed by atoms with Gasteiger partial charge in [-0.3, -0.25) is 18.9 Å². The van der Waals surface area contributed by atoms with Gasteiger partial charge in [-0.2, -0.15) is 0 Å². The number of carbonyl (C=O) groups is 1. The lowest BCUT2D eigenvalue weighted by molar-refractivity contribution is 0.0180. The summed E-state index contributed by atoms with van der Waals surface area (Å²) in [4.78, 5) is 30.4. The van der Waals surface area contributed by atoms with E-state index in [1.165, 1.54) is 0 Å². The first kappa shape index (κ1) is 70.7. The van der Waals surface area contributed by atoms with E-state index in [2.05, 4.69) is 33.5 Å². The quantitative estimate of drug-likeness (QED) is 0.0222. The second-order valence-electron chi connectivity index (χ2n) is 21.7. The van der Waals surface area contributed by atoms with Crippen molar-refractivity contribution in [2.75, 3.05) is 146 Å². The molecule has 2 atom stereocenters. The van der Waals surface area contributed by atoms with Gasteiger partial charge in [-0.25, -0.2) is 14.8 Å². The molecule has 1 aliphatic rings. The number of benzene rings is 4. The summed E-state index contributed by atoms with van der Waals surface area (Å²) in [5.41, 5.74) is 3.72. The van der Waals surface area contributed by atoms with E-state index < -0.39 is 26.4 Å².